The summed E-state index contributed by atoms with van der Waals surface area (Å²) in [7, 11) is 0. The maximum Gasteiger partial charge on any atom is 0.124 e. The fourth-order valence-corrected chi connectivity index (χ4v) is 2.22. The predicted octanol–water partition coefficient (Wildman–Crippen LogP) is 3.23. The van der Waals surface area contributed by atoms with E-state index >= 15 is 0 Å². The van der Waals surface area contributed by atoms with E-state index in [0.29, 0.717) is 6.42 Å². The Bertz CT molecular complexity index is 482. The van der Waals surface area contributed by atoms with Crippen LogP contribution >= 0.6 is 15.9 Å². The van der Waals surface area contributed by atoms with Gasteiger partial charge in [-0.05, 0) is 47.9 Å². The SMILES string of the molecule is NC(Cc1cc(F)cc(Br)c1)c1ccncc1. The van der Waals surface area contributed by atoms with E-state index in [0.717, 1.165) is 15.6 Å². The van der Waals surface area contributed by atoms with Crippen LogP contribution in [-0.4, -0.2) is 4.98 Å². The number of benzene rings is 1. The molecule has 0 radical (unpaired) electrons. The van der Waals surface area contributed by atoms with E-state index in [1.54, 1.807) is 12.4 Å². The number of nitrogens with zero attached hydrogens (tertiary/aromatic N) is 1. The molecule has 1 unspecified atom stereocenters. The lowest BCUT2D eigenvalue weighted by Crippen LogP contribution is -2.13. The quantitative estimate of drug-likeness (QED) is 0.944. The number of aromatic nitrogens is 1. The van der Waals surface area contributed by atoms with Crippen LogP contribution in [0.5, 0.6) is 0 Å². The summed E-state index contributed by atoms with van der Waals surface area (Å²) in [6, 6.07) is 8.42. The predicted molar refractivity (Wildman–Crippen MR) is 69.0 cm³/mol. The summed E-state index contributed by atoms with van der Waals surface area (Å²) < 4.78 is 13.9. The Morgan fingerprint density at radius 1 is 1.24 bits per heavy atom. The molecule has 88 valence electrons. The van der Waals surface area contributed by atoms with Gasteiger partial charge >= 0.3 is 0 Å². The molecular formula is C13H12BrFN2. The molecule has 0 saturated carbocycles. The van der Waals surface area contributed by atoms with Gasteiger partial charge < -0.3 is 5.73 Å². The van der Waals surface area contributed by atoms with Gasteiger partial charge in [0.1, 0.15) is 5.82 Å². The van der Waals surface area contributed by atoms with Crippen molar-refractivity contribution in [1.82, 2.24) is 4.98 Å². The molecule has 0 bridgehead atoms. The van der Waals surface area contributed by atoms with Crippen LogP contribution in [-0.2, 0) is 6.42 Å². The first-order valence-electron chi connectivity index (χ1n) is 5.25. The minimum atomic E-state index is -0.253. The van der Waals surface area contributed by atoms with E-state index in [9.17, 15) is 4.39 Å². The number of nitrogens with two attached hydrogens (primary N) is 1. The Balaban J connectivity index is 2.16. The lowest BCUT2D eigenvalue weighted by Gasteiger charge is -2.12. The standard InChI is InChI=1S/C13H12BrFN2/c14-11-5-9(6-12(15)8-11)7-13(16)10-1-3-17-4-2-10/h1-6,8,13H,7,16H2. The Labute approximate surface area is 108 Å². The molecular weight excluding hydrogens is 283 g/mol. The second-order valence-corrected chi connectivity index (χ2v) is 4.78. The van der Waals surface area contributed by atoms with Crippen LogP contribution in [0.3, 0.4) is 0 Å². The highest BCUT2D eigenvalue weighted by molar-refractivity contribution is 9.10. The zero-order chi connectivity index (χ0) is 12.3. The van der Waals surface area contributed by atoms with Gasteiger partial charge in [-0.25, -0.2) is 4.39 Å². The van der Waals surface area contributed by atoms with Crippen LogP contribution in [0.2, 0.25) is 0 Å². The first-order chi connectivity index (χ1) is 8.15. The summed E-state index contributed by atoms with van der Waals surface area (Å²) >= 11 is 3.27. The largest absolute Gasteiger partial charge is 0.324 e. The van der Waals surface area contributed by atoms with Crippen LogP contribution in [0.25, 0.3) is 0 Å². The van der Waals surface area contributed by atoms with Gasteiger partial charge in [-0.3, -0.25) is 4.98 Å². The van der Waals surface area contributed by atoms with E-state index in [4.69, 9.17) is 5.73 Å². The van der Waals surface area contributed by atoms with E-state index < -0.39 is 0 Å². The van der Waals surface area contributed by atoms with Crippen molar-refractivity contribution in [3.05, 3.63) is 64.1 Å². The zero-order valence-electron chi connectivity index (χ0n) is 9.11. The van der Waals surface area contributed by atoms with Gasteiger partial charge in [0.05, 0.1) is 0 Å². The average Bonchev–Trinajstić information content (AvgIpc) is 2.28. The first-order valence-corrected chi connectivity index (χ1v) is 6.05. The molecule has 0 aliphatic carbocycles. The molecule has 0 spiro atoms. The summed E-state index contributed by atoms with van der Waals surface area (Å²) in [5.41, 5.74) is 7.94. The monoisotopic (exact) mass is 294 g/mol. The number of hydrogen-bond acceptors (Lipinski definition) is 2. The lowest BCUT2D eigenvalue weighted by atomic mass is 10.0. The lowest BCUT2D eigenvalue weighted by molar-refractivity contribution is 0.621. The number of pyridine rings is 1. The third kappa shape index (κ3) is 3.35. The molecule has 17 heavy (non-hydrogen) atoms. The molecule has 0 amide bonds. The van der Waals surface area contributed by atoms with E-state index in [1.807, 2.05) is 18.2 Å². The van der Waals surface area contributed by atoms with Gasteiger partial charge in [0.15, 0.2) is 0 Å². The molecule has 0 saturated heterocycles. The van der Waals surface area contributed by atoms with E-state index in [-0.39, 0.29) is 11.9 Å². The van der Waals surface area contributed by atoms with Crippen LogP contribution in [0, 0.1) is 5.82 Å². The van der Waals surface area contributed by atoms with Gasteiger partial charge in [-0.1, -0.05) is 15.9 Å². The minimum absolute atomic E-state index is 0.147. The van der Waals surface area contributed by atoms with E-state index in [1.165, 1.54) is 12.1 Å². The number of halogens is 2. The van der Waals surface area contributed by atoms with E-state index in [2.05, 4.69) is 20.9 Å². The van der Waals surface area contributed by atoms with Crippen LogP contribution in [0.4, 0.5) is 4.39 Å². The van der Waals surface area contributed by atoms with Crippen molar-refractivity contribution in [3.8, 4) is 0 Å². The van der Waals surface area contributed by atoms with Crippen molar-refractivity contribution in [2.75, 3.05) is 0 Å². The molecule has 0 aliphatic rings. The second kappa shape index (κ2) is 5.38. The number of rotatable bonds is 3. The fourth-order valence-electron chi connectivity index (χ4n) is 1.71. The Hall–Kier alpha value is -1.26. The molecule has 4 heteroatoms. The smallest absolute Gasteiger partial charge is 0.124 e. The van der Waals surface area contributed by atoms with Gasteiger partial charge in [-0.2, -0.15) is 0 Å². The first kappa shape index (κ1) is 12.2. The summed E-state index contributed by atoms with van der Waals surface area (Å²) in [5.74, 6) is -0.253. The van der Waals surface area contributed by atoms with Gasteiger partial charge in [0.2, 0.25) is 0 Å². The highest BCUT2D eigenvalue weighted by Crippen LogP contribution is 2.20. The van der Waals surface area contributed by atoms with Crippen molar-refractivity contribution >= 4 is 15.9 Å². The fraction of sp³-hybridized carbons (Fsp3) is 0.154. The molecule has 1 heterocycles. The summed E-state index contributed by atoms with van der Waals surface area (Å²) in [6.45, 7) is 0. The molecule has 2 rings (SSSR count). The van der Waals surface area contributed by atoms with Gasteiger partial charge in [0.25, 0.3) is 0 Å². The molecule has 2 N–H and O–H groups in total. The molecule has 2 aromatic rings. The third-order valence-corrected chi connectivity index (χ3v) is 2.97. The van der Waals surface area contributed by atoms with Gasteiger partial charge in [0, 0.05) is 22.9 Å². The Kier molecular flexibility index (Phi) is 3.86. The highest BCUT2D eigenvalue weighted by atomic mass is 79.9. The Morgan fingerprint density at radius 3 is 2.59 bits per heavy atom. The summed E-state index contributed by atoms with van der Waals surface area (Å²) in [6.07, 6.45) is 4.01. The molecule has 2 nitrogen and oxygen atoms in total. The molecule has 0 aliphatic heterocycles. The van der Waals surface area contributed by atoms with Gasteiger partial charge in [-0.15, -0.1) is 0 Å². The zero-order valence-corrected chi connectivity index (χ0v) is 10.7. The molecule has 1 aromatic carbocycles. The molecule has 0 fully saturated rings. The molecule has 1 atom stereocenters. The van der Waals surface area contributed by atoms with Crippen LogP contribution < -0.4 is 5.73 Å². The molecule has 1 aromatic heterocycles. The topological polar surface area (TPSA) is 38.9 Å². The van der Waals surface area contributed by atoms with Crippen molar-refractivity contribution in [3.63, 3.8) is 0 Å². The second-order valence-electron chi connectivity index (χ2n) is 3.87. The summed E-state index contributed by atoms with van der Waals surface area (Å²) in [4.78, 5) is 3.94. The maximum atomic E-state index is 13.2. The maximum absolute atomic E-state index is 13.2. The Morgan fingerprint density at radius 2 is 1.94 bits per heavy atom. The van der Waals surface area contributed by atoms with Crippen LogP contribution in [0.15, 0.2) is 47.2 Å². The van der Waals surface area contributed by atoms with Crippen molar-refractivity contribution < 1.29 is 4.39 Å². The van der Waals surface area contributed by atoms with Crippen molar-refractivity contribution in [2.24, 2.45) is 5.73 Å². The number of hydrogen-bond donors (Lipinski definition) is 1. The highest BCUT2D eigenvalue weighted by Gasteiger charge is 2.08. The average molecular weight is 295 g/mol. The van der Waals surface area contributed by atoms with Crippen molar-refractivity contribution in [1.29, 1.82) is 0 Å². The third-order valence-electron chi connectivity index (χ3n) is 2.51. The minimum Gasteiger partial charge on any atom is -0.324 e. The van der Waals surface area contributed by atoms with Crippen molar-refractivity contribution in [2.45, 2.75) is 12.5 Å². The normalized spacial score (nSPS) is 12.4. The summed E-state index contributed by atoms with van der Waals surface area (Å²) in [5, 5.41) is 0. The van der Waals surface area contributed by atoms with Crippen LogP contribution in [0.1, 0.15) is 17.2 Å².